The molecule has 0 aliphatic rings. The van der Waals surface area contributed by atoms with Crippen molar-refractivity contribution in [2.75, 3.05) is 7.11 Å². The Morgan fingerprint density at radius 1 is 1.70 bits per heavy atom. The molecule has 2 nitrogen and oxygen atoms in total. The average molecular weight is 204 g/mol. The highest BCUT2D eigenvalue weighted by atomic mass is 79.9. The van der Waals surface area contributed by atoms with Gasteiger partial charge in [-0.15, -0.1) is 0 Å². The van der Waals surface area contributed by atoms with Crippen LogP contribution in [0.4, 0.5) is 0 Å². The van der Waals surface area contributed by atoms with Gasteiger partial charge in [0.2, 0.25) is 0 Å². The Labute approximate surface area is 69.2 Å². The number of hydrogen-bond donors (Lipinski definition) is 1. The molecule has 3 heteroatoms. The molecule has 0 fully saturated rings. The molecule has 0 aromatic heterocycles. The van der Waals surface area contributed by atoms with E-state index < -0.39 is 0 Å². The van der Waals surface area contributed by atoms with Gasteiger partial charge in [-0.05, 0) is 22.0 Å². The first-order valence-corrected chi connectivity index (χ1v) is 3.43. The average Bonchev–Trinajstić information content (AvgIpc) is 1.88. The standard InChI is InChI=1S/C7H10BrNO/c1-4-6(9)7(10-3)5(2)8/h4H,1-2,9H2,3H3/b7-6-. The van der Waals surface area contributed by atoms with Crippen LogP contribution in [0.3, 0.4) is 0 Å². The van der Waals surface area contributed by atoms with Crippen LogP contribution in [0.2, 0.25) is 0 Å². The number of ether oxygens (including phenoxy) is 1. The Bertz CT molecular complexity index is 184. The van der Waals surface area contributed by atoms with Crippen LogP contribution in [0, 0.1) is 0 Å². The van der Waals surface area contributed by atoms with Gasteiger partial charge < -0.3 is 10.5 Å². The van der Waals surface area contributed by atoms with E-state index in [0.29, 0.717) is 15.9 Å². The number of nitrogens with two attached hydrogens (primary N) is 1. The first-order valence-electron chi connectivity index (χ1n) is 2.64. The topological polar surface area (TPSA) is 35.2 Å². The SMILES string of the molecule is C=C/C(N)=C(/OC)C(=C)Br. The van der Waals surface area contributed by atoms with Crippen LogP contribution in [-0.2, 0) is 4.74 Å². The molecule has 0 aromatic rings. The fourth-order valence-electron chi connectivity index (χ4n) is 0.478. The maximum Gasteiger partial charge on any atom is 0.155 e. The van der Waals surface area contributed by atoms with Crippen LogP contribution < -0.4 is 5.73 Å². The predicted octanol–water partition coefficient (Wildman–Crippen LogP) is 1.90. The van der Waals surface area contributed by atoms with Gasteiger partial charge in [-0.1, -0.05) is 13.2 Å². The van der Waals surface area contributed by atoms with Crippen molar-refractivity contribution < 1.29 is 4.74 Å². The molecule has 56 valence electrons. The summed E-state index contributed by atoms with van der Waals surface area (Å²) >= 11 is 3.14. The Hall–Kier alpha value is -0.700. The molecule has 2 N–H and O–H groups in total. The zero-order valence-electron chi connectivity index (χ0n) is 5.86. The van der Waals surface area contributed by atoms with Crippen LogP contribution >= 0.6 is 15.9 Å². The van der Waals surface area contributed by atoms with Gasteiger partial charge in [0.1, 0.15) is 0 Å². The summed E-state index contributed by atoms with van der Waals surface area (Å²) in [6.45, 7) is 7.09. The van der Waals surface area contributed by atoms with Gasteiger partial charge in [0.15, 0.2) is 5.76 Å². The van der Waals surface area contributed by atoms with E-state index in [1.54, 1.807) is 0 Å². The van der Waals surface area contributed by atoms with Crippen LogP contribution in [-0.4, -0.2) is 7.11 Å². The molecule has 0 aliphatic heterocycles. The van der Waals surface area contributed by atoms with Crippen molar-refractivity contribution in [2.24, 2.45) is 5.73 Å². The normalized spacial score (nSPS) is 11.8. The fourth-order valence-corrected chi connectivity index (χ4v) is 0.869. The highest BCUT2D eigenvalue weighted by molar-refractivity contribution is 9.11. The summed E-state index contributed by atoms with van der Waals surface area (Å²) in [6, 6.07) is 0. The lowest BCUT2D eigenvalue weighted by molar-refractivity contribution is 0.302. The summed E-state index contributed by atoms with van der Waals surface area (Å²) in [7, 11) is 1.53. The molecule has 0 atom stereocenters. The van der Waals surface area contributed by atoms with Gasteiger partial charge in [0.25, 0.3) is 0 Å². The zero-order chi connectivity index (χ0) is 8.15. The van der Waals surface area contributed by atoms with Crippen LogP contribution in [0.1, 0.15) is 0 Å². The van der Waals surface area contributed by atoms with Gasteiger partial charge in [0.05, 0.1) is 17.3 Å². The minimum absolute atomic E-state index is 0.476. The number of hydrogen-bond acceptors (Lipinski definition) is 2. The summed E-state index contributed by atoms with van der Waals surface area (Å²) < 4.78 is 5.52. The number of methoxy groups -OCH3 is 1. The molecule has 0 unspecified atom stereocenters. The molecule has 0 heterocycles. The lowest BCUT2D eigenvalue weighted by Gasteiger charge is -2.04. The molecule has 0 amide bonds. The first kappa shape index (κ1) is 9.30. The van der Waals surface area contributed by atoms with Crippen LogP contribution in [0.25, 0.3) is 0 Å². The Kier molecular flexibility index (Phi) is 3.88. The van der Waals surface area contributed by atoms with Crippen molar-refractivity contribution in [2.45, 2.75) is 0 Å². The molecule has 0 bridgehead atoms. The van der Waals surface area contributed by atoms with E-state index in [1.807, 2.05) is 0 Å². The van der Waals surface area contributed by atoms with E-state index >= 15 is 0 Å². The molecule has 0 radical (unpaired) electrons. The molecule has 0 aromatic carbocycles. The summed E-state index contributed by atoms with van der Waals surface area (Å²) in [5.74, 6) is 0.523. The van der Waals surface area contributed by atoms with E-state index in [-0.39, 0.29) is 0 Å². The number of rotatable bonds is 3. The molecule has 0 spiro atoms. The van der Waals surface area contributed by atoms with Gasteiger partial charge in [-0.2, -0.15) is 0 Å². The van der Waals surface area contributed by atoms with Crippen molar-refractivity contribution in [3.8, 4) is 0 Å². The molecule has 0 saturated heterocycles. The van der Waals surface area contributed by atoms with Crippen molar-refractivity contribution in [3.63, 3.8) is 0 Å². The summed E-state index contributed by atoms with van der Waals surface area (Å²) in [5, 5.41) is 0. The van der Waals surface area contributed by atoms with Gasteiger partial charge in [-0.25, -0.2) is 0 Å². The Morgan fingerprint density at radius 3 is 2.30 bits per heavy atom. The third-order valence-corrected chi connectivity index (χ3v) is 1.29. The maximum absolute atomic E-state index is 5.47. The van der Waals surface area contributed by atoms with Gasteiger partial charge >= 0.3 is 0 Å². The lowest BCUT2D eigenvalue weighted by atomic mass is 10.3. The van der Waals surface area contributed by atoms with Gasteiger partial charge in [0, 0.05) is 0 Å². The van der Waals surface area contributed by atoms with E-state index in [2.05, 4.69) is 29.1 Å². The largest absolute Gasteiger partial charge is 0.493 e. The third-order valence-electron chi connectivity index (χ3n) is 0.933. The Morgan fingerprint density at radius 2 is 2.20 bits per heavy atom. The third kappa shape index (κ3) is 2.27. The molecule has 10 heavy (non-hydrogen) atoms. The quantitative estimate of drug-likeness (QED) is 0.562. The first-order chi connectivity index (χ1) is 4.63. The fraction of sp³-hybridized carbons (Fsp3) is 0.143. The molecule has 0 aliphatic carbocycles. The maximum atomic E-state index is 5.47. The molecule has 0 saturated carbocycles. The lowest BCUT2D eigenvalue weighted by Crippen LogP contribution is -2.00. The summed E-state index contributed by atoms with van der Waals surface area (Å²) in [6.07, 6.45) is 1.51. The van der Waals surface area contributed by atoms with E-state index in [9.17, 15) is 0 Å². The monoisotopic (exact) mass is 203 g/mol. The second kappa shape index (κ2) is 4.17. The van der Waals surface area contributed by atoms with E-state index in [1.165, 1.54) is 13.2 Å². The number of halogens is 1. The highest BCUT2D eigenvalue weighted by Crippen LogP contribution is 2.16. The molecule has 0 rings (SSSR count). The zero-order valence-corrected chi connectivity index (χ0v) is 7.44. The van der Waals surface area contributed by atoms with E-state index in [0.717, 1.165) is 0 Å². The van der Waals surface area contributed by atoms with Crippen molar-refractivity contribution in [1.29, 1.82) is 0 Å². The molecular formula is C7H10BrNO. The second-order valence-electron chi connectivity index (χ2n) is 1.60. The predicted molar refractivity (Wildman–Crippen MR) is 46.5 cm³/mol. The minimum Gasteiger partial charge on any atom is -0.493 e. The summed E-state index contributed by atoms with van der Waals surface area (Å²) in [4.78, 5) is 0. The van der Waals surface area contributed by atoms with Crippen LogP contribution in [0.5, 0.6) is 0 Å². The summed E-state index contributed by atoms with van der Waals surface area (Å²) in [5.41, 5.74) is 5.95. The van der Waals surface area contributed by atoms with E-state index in [4.69, 9.17) is 10.5 Å². The smallest absolute Gasteiger partial charge is 0.155 e. The highest BCUT2D eigenvalue weighted by Gasteiger charge is 2.01. The van der Waals surface area contributed by atoms with Gasteiger partial charge in [-0.3, -0.25) is 0 Å². The van der Waals surface area contributed by atoms with Crippen molar-refractivity contribution in [1.82, 2.24) is 0 Å². The van der Waals surface area contributed by atoms with Crippen LogP contribution in [0.15, 0.2) is 35.2 Å². The second-order valence-corrected chi connectivity index (χ2v) is 2.55. The van der Waals surface area contributed by atoms with Crippen molar-refractivity contribution in [3.05, 3.63) is 35.2 Å². The number of allylic oxidation sites excluding steroid dienone is 2. The van der Waals surface area contributed by atoms with Crippen molar-refractivity contribution >= 4 is 15.9 Å². The Balaban J connectivity index is 4.62. The minimum atomic E-state index is 0.476. The molecular weight excluding hydrogens is 194 g/mol.